The number of anilines is 1. The third-order valence-electron chi connectivity index (χ3n) is 3.05. The molecule has 0 aliphatic carbocycles. The molecular formula is C15H17N3O2. The zero-order valence-corrected chi connectivity index (χ0v) is 11.3. The lowest BCUT2D eigenvalue weighted by atomic mass is 10.1. The van der Waals surface area contributed by atoms with Gasteiger partial charge in [-0.3, -0.25) is 9.59 Å². The highest BCUT2D eigenvalue weighted by Crippen LogP contribution is 2.05. The largest absolute Gasteiger partial charge is 0.399 e. The lowest BCUT2D eigenvalue weighted by Gasteiger charge is -2.06. The molecule has 0 spiro atoms. The zero-order chi connectivity index (χ0) is 14.5. The molecular weight excluding hydrogens is 254 g/mol. The Kier molecular flexibility index (Phi) is 4.20. The third-order valence-corrected chi connectivity index (χ3v) is 3.05. The molecule has 2 rings (SSSR count). The van der Waals surface area contributed by atoms with Crippen LogP contribution >= 0.6 is 0 Å². The summed E-state index contributed by atoms with van der Waals surface area (Å²) in [6, 6.07) is 10.5. The molecule has 0 atom stereocenters. The number of hydrogen-bond acceptors (Lipinski definition) is 3. The molecule has 0 aliphatic heterocycles. The fraction of sp³-hybridized carbons (Fsp3) is 0.200. The molecule has 0 saturated heterocycles. The molecule has 0 bridgehead atoms. The van der Waals surface area contributed by atoms with Crippen molar-refractivity contribution < 1.29 is 4.79 Å². The van der Waals surface area contributed by atoms with Crippen LogP contribution in [0.5, 0.6) is 0 Å². The Hall–Kier alpha value is -2.56. The average molecular weight is 271 g/mol. The highest BCUT2D eigenvalue weighted by molar-refractivity contribution is 5.93. The predicted octanol–water partition coefficient (Wildman–Crippen LogP) is 0.940. The van der Waals surface area contributed by atoms with Crippen LogP contribution in [0.25, 0.3) is 0 Å². The van der Waals surface area contributed by atoms with E-state index in [9.17, 15) is 9.59 Å². The number of nitrogens with one attached hydrogen (secondary N) is 1. The second-order valence-corrected chi connectivity index (χ2v) is 4.61. The molecule has 0 aliphatic rings. The van der Waals surface area contributed by atoms with Gasteiger partial charge in [-0.25, -0.2) is 0 Å². The van der Waals surface area contributed by atoms with E-state index in [1.165, 1.54) is 10.6 Å². The number of pyridine rings is 1. The summed E-state index contributed by atoms with van der Waals surface area (Å²) >= 11 is 0. The number of amides is 1. The molecule has 1 heterocycles. The Labute approximate surface area is 117 Å². The highest BCUT2D eigenvalue weighted by atomic mass is 16.2. The van der Waals surface area contributed by atoms with Crippen molar-refractivity contribution in [3.8, 4) is 0 Å². The molecule has 104 valence electrons. The van der Waals surface area contributed by atoms with Gasteiger partial charge in [-0.1, -0.05) is 12.1 Å². The number of carbonyl (C=O) groups excluding carboxylic acids is 1. The number of aryl methyl sites for hydroxylation is 1. The minimum absolute atomic E-state index is 0.198. The van der Waals surface area contributed by atoms with Gasteiger partial charge < -0.3 is 15.6 Å². The maximum absolute atomic E-state index is 11.9. The van der Waals surface area contributed by atoms with Crippen LogP contribution in [-0.2, 0) is 13.5 Å². The lowest BCUT2D eigenvalue weighted by molar-refractivity contribution is 0.0954. The van der Waals surface area contributed by atoms with Gasteiger partial charge in [0, 0.05) is 37.1 Å². The average Bonchev–Trinajstić information content (AvgIpc) is 2.44. The van der Waals surface area contributed by atoms with Gasteiger partial charge in [0.05, 0.1) is 0 Å². The van der Waals surface area contributed by atoms with Crippen LogP contribution < -0.4 is 16.6 Å². The van der Waals surface area contributed by atoms with Gasteiger partial charge >= 0.3 is 0 Å². The summed E-state index contributed by atoms with van der Waals surface area (Å²) in [5.74, 6) is -0.238. The third kappa shape index (κ3) is 3.47. The Bertz CT molecular complexity index is 660. The number of rotatable bonds is 4. The van der Waals surface area contributed by atoms with Crippen molar-refractivity contribution in [3.05, 3.63) is 64.1 Å². The van der Waals surface area contributed by atoms with Crippen LogP contribution in [-0.4, -0.2) is 17.0 Å². The van der Waals surface area contributed by atoms with Crippen molar-refractivity contribution in [2.24, 2.45) is 7.05 Å². The molecule has 2 aromatic rings. The van der Waals surface area contributed by atoms with E-state index < -0.39 is 0 Å². The van der Waals surface area contributed by atoms with Crippen LogP contribution in [0.3, 0.4) is 0 Å². The zero-order valence-electron chi connectivity index (χ0n) is 11.3. The van der Waals surface area contributed by atoms with Gasteiger partial charge in [0.15, 0.2) is 0 Å². The summed E-state index contributed by atoms with van der Waals surface area (Å²) in [5.41, 5.74) is 7.61. The van der Waals surface area contributed by atoms with Gasteiger partial charge in [0.2, 0.25) is 0 Å². The van der Waals surface area contributed by atoms with Crippen LogP contribution in [0.4, 0.5) is 5.69 Å². The fourth-order valence-electron chi connectivity index (χ4n) is 1.80. The Morgan fingerprint density at radius 2 is 1.95 bits per heavy atom. The number of nitrogen functional groups attached to an aromatic ring is 1. The number of nitrogens with zero attached hydrogens (tertiary/aromatic N) is 1. The standard InChI is InChI=1S/C15H17N3O2/c1-18-9-7-12(10-14(18)19)15(20)17-8-6-11-2-4-13(16)5-3-11/h2-5,7,9-10H,6,8,16H2,1H3,(H,17,20). The Morgan fingerprint density at radius 3 is 2.60 bits per heavy atom. The lowest BCUT2D eigenvalue weighted by Crippen LogP contribution is -2.27. The molecule has 1 aromatic carbocycles. The van der Waals surface area contributed by atoms with E-state index in [2.05, 4.69) is 5.32 Å². The molecule has 3 N–H and O–H groups in total. The molecule has 5 nitrogen and oxygen atoms in total. The van der Waals surface area contributed by atoms with E-state index in [1.807, 2.05) is 24.3 Å². The van der Waals surface area contributed by atoms with Crippen molar-refractivity contribution in [2.45, 2.75) is 6.42 Å². The van der Waals surface area contributed by atoms with E-state index in [0.717, 1.165) is 17.7 Å². The summed E-state index contributed by atoms with van der Waals surface area (Å²) in [6.45, 7) is 0.512. The van der Waals surface area contributed by atoms with E-state index in [-0.39, 0.29) is 11.5 Å². The van der Waals surface area contributed by atoms with Gasteiger partial charge in [0.25, 0.3) is 11.5 Å². The maximum atomic E-state index is 11.9. The molecule has 20 heavy (non-hydrogen) atoms. The Balaban J connectivity index is 1.90. The molecule has 0 saturated carbocycles. The topological polar surface area (TPSA) is 77.1 Å². The monoisotopic (exact) mass is 271 g/mol. The van der Waals surface area contributed by atoms with Crippen molar-refractivity contribution in [1.82, 2.24) is 9.88 Å². The van der Waals surface area contributed by atoms with Crippen LogP contribution in [0.15, 0.2) is 47.4 Å². The van der Waals surface area contributed by atoms with Crippen LogP contribution in [0, 0.1) is 0 Å². The molecule has 5 heteroatoms. The number of carbonyl (C=O) groups is 1. The van der Waals surface area contributed by atoms with Crippen molar-refractivity contribution in [3.63, 3.8) is 0 Å². The van der Waals surface area contributed by atoms with Gasteiger partial charge in [-0.2, -0.15) is 0 Å². The Morgan fingerprint density at radius 1 is 1.25 bits per heavy atom. The highest BCUT2D eigenvalue weighted by Gasteiger charge is 2.05. The van der Waals surface area contributed by atoms with Gasteiger partial charge in [-0.15, -0.1) is 0 Å². The summed E-state index contributed by atoms with van der Waals surface area (Å²) in [4.78, 5) is 23.3. The van der Waals surface area contributed by atoms with E-state index >= 15 is 0 Å². The SMILES string of the molecule is Cn1ccc(C(=O)NCCc2ccc(N)cc2)cc1=O. The van der Waals surface area contributed by atoms with E-state index in [1.54, 1.807) is 19.3 Å². The van der Waals surface area contributed by atoms with Crippen molar-refractivity contribution in [1.29, 1.82) is 0 Å². The first kappa shape index (κ1) is 13.9. The molecule has 0 fully saturated rings. The van der Waals surface area contributed by atoms with Crippen LogP contribution in [0.2, 0.25) is 0 Å². The second-order valence-electron chi connectivity index (χ2n) is 4.61. The first-order valence-corrected chi connectivity index (χ1v) is 6.35. The van der Waals surface area contributed by atoms with E-state index in [4.69, 9.17) is 5.73 Å². The molecule has 1 aromatic heterocycles. The molecule has 0 radical (unpaired) electrons. The molecule has 0 unspecified atom stereocenters. The number of hydrogen-bond donors (Lipinski definition) is 2. The smallest absolute Gasteiger partial charge is 0.251 e. The van der Waals surface area contributed by atoms with Gasteiger partial charge in [0.1, 0.15) is 0 Å². The second kappa shape index (κ2) is 6.06. The minimum Gasteiger partial charge on any atom is -0.399 e. The maximum Gasteiger partial charge on any atom is 0.251 e. The number of aromatic nitrogens is 1. The normalized spacial score (nSPS) is 10.2. The summed E-state index contributed by atoms with van der Waals surface area (Å²) in [7, 11) is 1.64. The van der Waals surface area contributed by atoms with Gasteiger partial charge in [-0.05, 0) is 30.2 Å². The number of benzene rings is 1. The summed E-state index contributed by atoms with van der Waals surface area (Å²) in [5, 5.41) is 2.79. The summed E-state index contributed by atoms with van der Waals surface area (Å²) in [6.07, 6.45) is 2.30. The quantitative estimate of drug-likeness (QED) is 0.812. The first-order valence-electron chi connectivity index (χ1n) is 6.35. The predicted molar refractivity (Wildman–Crippen MR) is 78.6 cm³/mol. The minimum atomic E-state index is -0.238. The van der Waals surface area contributed by atoms with E-state index in [0.29, 0.717) is 12.1 Å². The first-order chi connectivity index (χ1) is 9.56. The van der Waals surface area contributed by atoms with Crippen LogP contribution in [0.1, 0.15) is 15.9 Å². The van der Waals surface area contributed by atoms with Crippen molar-refractivity contribution >= 4 is 11.6 Å². The molecule has 1 amide bonds. The number of nitrogens with two attached hydrogens (primary N) is 1. The van der Waals surface area contributed by atoms with Crippen molar-refractivity contribution in [2.75, 3.05) is 12.3 Å². The fourth-order valence-corrected chi connectivity index (χ4v) is 1.80. The summed E-state index contributed by atoms with van der Waals surface area (Å²) < 4.78 is 1.42.